The molecule has 0 heterocycles. The molecule has 114 valence electrons. The highest BCUT2D eigenvalue weighted by Crippen LogP contribution is 2.23. The molecule has 0 spiro atoms. The van der Waals surface area contributed by atoms with E-state index in [4.69, 9.17) is 5.73 Å². The van der Waals surface area contributed by atoms with Gasteiger partial charge in [-0.25, -0.2) is 0 Å². The highest BCUT2D eigenvalue weighted by molar-refractivity contribution is 5.52. The summed E-state index contributed by atoms with van der Waals surface area (Å²) in [5, 5.41) is 6.38. The average Bonchev–Trinajstić information content (AvgIpc) is 2.47. The molecule has 0 rings (SSSR count). The lowest BCUT2D eigenvalue weighted by atomic mass is 9.96. The fraction of sp³-hybridized carbons (Fsp3) is 0.529. The Balaban J connectivity index is 5.41. The minimum atomic E-state index is 0.618. The first-order chi connectivity index (χ1) is 9.62. The molecule has 0 radical (unpaired) electrons. The lowest BCUT2D eigenvalue weighted by Gasteiger charge is -2.15. The van der Waals surface area contributed by atoms with Crippen molar-refractivity contribution >= 4 is 0 Å². The summed E-state index contributed by atoms with van der Waals surface area (Å²) < 4.78 is 0. The van der Waals surface area contributed by atoms with Crippen molar-refractivity contribution in [3.8, 4) is 0 Å². The highest BCUT2D eigenvalue weighted by Gasteiger charge is 2.08. The molecule has 4 N–H and O–H groups in total. The van der Waals surface area contributed by atoms with Gasteiger partial charge in [-0.15, -0.1) is 0 Å². The molecule has 0 saturated heterocycles. The van der Waals surface area contributed by atoms with E-state index in [9.17, 15) is 0 Å². The largest absolute Gasteiger partial charge is 0.389 e. The molecule has 0 atom stereocenters. The standard InChI is InChI=1S/C17H31N3/c1-6-8-9-10-16(14(3)7-2)17(15(4)19-5)13-20-12-11-18/h9-10,13,19-20H,4,6-8,11-12,18H2,1-3,5H3/b10-9-,16-14-,17-13-. The Hall–Kier alpha value is -1.48. The number of nitrogens with one attached hydrogen (secondary N) is 2. The van der Waals surface area contributed by atoms with Crippen molar-refractivity contribution in [2.75, 3.05) is 20.1 Å². The van der Waals surface area contributed by atoms with Crippen LogP contribution in [-0.2, 0) is 0 Å². The average molecular weight is 277 g/mol. The van der Waals surface area contributed by atoms with Gasteiger partial charge in [0, 0.05) is 37.6 Å². The van der Waals surface area contributed by atoms with Crippen molar-refractivity contribution in [1.29, 1.82) is 0 Å². The van der Waals surface area contributed by atoms with Crippen molar-refractivity contribution in [2.24, 2.45) is 5.73 Å². The summed E-state index contributed by atoms with van der Waals surface area (Å²) in [6, 6.07) is 0. The minimum absolute atomic E-state index is 0.618. The monoisotopic (exact) mass is 277 g/mol. The van der Waals surface area contributed by atoms with E-state index in [2.05, 4.69) is 50.1 Å². The normalized spacial score (nSPS) is 13.3. The third kappa shape index (κ3) is 6.62. The van der Waals surface area contributed by atoms with Crippen LogP contribution in [0.4, 0.5) is 0 Å². The Kier molecular flexibility index (Phi) is 10.5. The lowest BCUT2D eigenvalue weighted by Crippen LogP contribution is -2.19. The van der Waals surface area contributed by atoms with Crippen LogP contribution < -0.4 is 16.4 Å². The Morgan fingerprint density at radius 3 is 2.50 bits per heavy atom. The SMILES string of the molecule is C=C(NC)C(=C/NCCN)/C(/C=C\CCC)=C(/C)CC. The first-order valence-corrected chi connectivity index (χ1v) is 7.49. The van der Waals surface area contributed by atoms with E-state index < -0.39 is 0 Å². The van der Waals surface area contributed by atoms with Crippen LogP contribution in [0.3, 0.4) is 0 Å². The maximum Gasteiger partial charge on any atom is 0.0358 e. The number of allylic oxidation sites excluding steroid dienone is 4. The van der Waals surface area contributed by atoms with Gasteiger partial charge in [0.1, 0.15) is 0 Å². The van der Waals surface area contributed by atoms with Crippen molar-refractivity contribution in [3.63, 3.8) is 0 Å². The molecule has 20 heavy (non-hydrogen) atoms. The molecule has 0 aromatic rings. The smallest absolute Gasteiger partial charge is 0.0358 e. The van der Waals surface area contributed by atoms with Crippen molar-refractivity contribution in [1.82, 2.24) is 10.6 Å². The van der Waals surface area contributed by atoms with E-state index in [-0.39, 0.29) is 0 Å². The zero-order chi connectivity index (χ0) is 15.4. The predicted molar refractivity (Wildman–Crippen MR) is 90.4 cm³/mol. The van der Waals surface area contributed by atoms with E-state index in [1.165, 1.54) is 11.1 Å². The molecule has 0 unspecified atom stereocenters. The Bertz CT molecular complexity index is 376. The van der Waals surface area contributed by atoms with Crippen LogP contribution in [0.5, 0.6) is 0 Å². The summed E-state index contributed by atoms with van der Waals surface area (Å²) in [7, 11) is 1.90. The van der Waals surface area contributed by atoms with Crippen molar-refractivity contribution < 1.29 is 0 Å². The summed E-state index contributed by atoms with van der Waals surface area (Å²) in [5.41, 5.74) is 10.1. The third-order valence-electron chi connectivity index (χ3n) is 3.18. The van der Waals surface area contributed by atoms with Crippen molar-refractivity contribution in [3.05, 3.63) is 47.3 Å². The van der Waals surface area contributed by atoms with E-state index in [1.807, 2.05) is 13.2 Å². The second-order valence-corrected chi connectivity index (χ2v) is 4.77. The van der Waals surface area contributed by atoms with Gasteiger partial charge in [0.25, 0.3) is 0 Å². The van der Waals surface area contributed by atoms with Crippen LogP contribution in [0.15, 0.2) is 47.3 Å². The molecule has 0 aliphatic carbocycles. The Morgan fingerprint density at radius 2 is 2.00 bits per heavy atom. The van der Waals surface area contributed by atoms with Gasteiger partial charge >= 0.3 is 0 Å². The zero-order valence-corrected chi connectivity index (χ0v) is 13.6. The number of hydrogen-bond acceptors (Lipinski definition) is 3. The maximum absolute atomic E-state index is 5.53. The van der Waals surface area contributed by atoms with Gasteiger partial charge in [-0.3, -0.25) is 0 Å². The number of hydrogen-bond donors (Lipinski definition) is 3. The number of rotatable bonds is 10. The molecule has 0 bridgehead atoms. The Labute approximate surface area is 124 Å². The fourth-order valence-electron chi connectivity index (χ4n) is 1.74. The molecular formula is C17H31N3. The minimum Gasteiger partial charge on any atom is -0.389 e. The maximum atomic E-state index is 5.53. The van der Waals surface area contributed by atoms with Crippen LogP contribution in [0.25, 0.3) is 0 Å². The van der Waals surface area contributed by atoms with E-state index >= 15 is 0 Å². The topological polar surface area (TPSA) is 50.1 Å². The zero-order valence-electron chi connectivity index (χ0n) is 13.6. The van der Waals surface area contributed by atoms with Gasteiger partial charge in [-0.05, 0) is 25.3 Å². The summed E-state index contributed by atoms with van der Waals surface area (Å²) in [4.78, 5) is 0. The number of nitrogens with two attached hydrogens (primary N) is 1. The molecule has 0 aromatic carbocycles. The van der Waals surface area contributed by atoms with Crippen LogP contribution in [0.2, 0.25) is 0 Å². The third-order valence-corrected chi connectivity index (χ3v) is 3.18. The van der Waals surface area contributed by atoms with Crippen molar-refractivity contribution in [2.45, 2.75) is 40.0 Å². The van der Waals surface area contributed by atoms with E-state index in [0.29, 0.717) is 6.54 Å². The first kappa shape index (κ1) is 18.5. The number of likely N-dealkylation sites (N-methyl/N-ethyl adjacent to an activating group) is 1. The van der Waals surface area contributed by atoms with Gasteiger partial charge in [-0.2, -0.15) is 0 Å². The molecule has 0 aliphatic heterocycles. The van der Waals surface area contributed by atoms with Crippen LogP contribution >= 0.6 is 0 Å². The molecular weight excluding hydrogens is 246 g/mol. The molecule has 0 aliphatic rings. The second kappa shape index (κ2) is 11.4. The molecule has 0 amide bonds. The fourth-order valence-corrected chi connectivity index (χ4v) is 1.74. The predicted octanol–water partition coefficient (Wildman–Crippen LogP) is 3.23. The summed E-state index contributed by atoms with van der Waals surface area (Å²) >= 11 is 0. The van der Waals surface area contributed by atoms with Gasteiger partial charge in [0.05, 0.1) is 0 Å². The lowest BCUT2D eigenvalue weighted by molar-refractivity contribution is 0.833. The quantitative estimate of drug-likeness (QED) is 0.424. The summed E-state index contributed by atoms with van der Waals surface area (Å²) in [6.45, 7) is 12.0. The van der Waals surface area contributed by atoms with E-state index in [1.54, 1.807) is 0 Å². The second-order valence-electron chi connectivity index (χ2n) is 4.77. The Morgan fingerprint density at radius 1 is 1.30 bits per heavy atom. The van der Waals surface area contributed by atoms with Crippen LogP contribution in [0.1, 0.15) is 40.0 Å². The summed E-state index contributed by atoms with van der Waals surface area (Å²) in [5.74, 6) is 0. The van der Waals surface area contributed by atoms with E-state index in [0.717, 1.165) is 37.1 Å². The molecule has 0 aromatic heterocycles. The van der Waals surface area contributed by atoms with Gasteiger partial charge < -0.3 is 16.4 Å². The molecule has 0 fully saturated rings. The first-order valence-electron chi connectivity index (χ1n) is 7.49. The molecule has 3 nitrogen and oxygen atoms in total. The van der Waals surface area contributed by atoms with Crippen LogP contribution in [0, 0.1) is 0 Å². The van der Waals surface area contributed by atoms with Gasteiger partial charge in [0.15, 0.2) is 0 Å². The van der Waals surface area contributed by atoms with Gasteiger partial charge in [-0.1, -0.05) is 44.6 Å². The van der Waals surface area contributed by atoms with Gasteiger partial charge in [0.2, 0.25) is 0 Å². The molecule has 3 heteroatoms. The number of unbranched alkanes of at least 4 members (excludes halogenated alkanes) is 1. The molecule has 0 saturated carbocycles. The van der Waals surface area contributed by atoms with Crippen LogP contribution in [-0.4, -0.2) is 20.1 Å². The summed E-state index contributed by atoms with van der Waals surface area (Å²) in [6.07, 6.45) is 9.73. The highest BCUT2D eigenvalue weighted by atomic mass is 14.9.